The fourth-order valence-corrected chi connectivity index (χ4v) is 4.24. The van der Waals surface area contributed by atoms with Crippen LogP contribution in [-0.2, 0) is 16.6 Å². The van der Waals surface area contributed by atoms with Gasteiger partial charge in [0.05, 0.1) is 6.54 Å². The second-order valence-electron chi connectivity index (χ2n) is 5.68. The van der Waals surface area contributed by atoms with Crippen LogP contribution in [0.3, 0.4) is 0 Å². The van der Waals surface area contributed by atoms with Crippen molar-refractivity contribution in [3.05, 3.63) is 17.9 Å². The highest BCUT2D eigenvalue weighted by Crippen LogP contribution is 2.28. The predicted octanol–water partition coefficient (Wildman–Crippen LogP) is 2.64. The van der Waals surface area contributed by atoms with Crippen LogP contribution in [0.2, 0.25) is 0 Å². The Morgan fingerprint density at radius 1 is 1.24 bits per heavy atom. The topological polar surface area (TPSA) is 71.3 Å². The minimum atomic E-state index is -3.55. The zero-order valence-corrected chi connectivity index (χ0v) is 13.7. The highest BCUT2D eigenvalue weighted by Gasteiger charge is 2.29. The Balaban J connectivity index is 2.05. The largest absolute Gasteiger partial charge is 0.447 e. The van der Waals surface area contributed by atoms with Gasteiger partial charge < -0.3 is 9.73 Å². The molecule has 2 N–H and O–H groups in total. The Hall–Kier alpha value is -0.850. The molecule has 2 unspecified atom stereocenters. The summed E-state index contributed by atoms with van der Waals surface area (Å²) in [5.41, 5.74) is 0. The molecule has 0 saturated heterocycles. The SMILES string of the molecule is CCNCc1ccc(S(=O)(=O)NC2CCCCC2CC)o1. The lowest BCUT2D eigenvalue weighted by molar-refractivity contribution is 0.280. The van der Waals surface area contributed by atoms with E-state index >= 15 is 0 Å². The van der Waals surface area contributed by atoms with Gasteiger partial charge in [-0.05, 0) is 37.4 Å². The number of rotatable bonds is 7. The molecule has 0 radical (unpaired) electrons. The molecule has 1 aliphatic carbocycles. The molecule has 1 aromatic rings. The van der Waals surface area contributed by atoms with Crippen LogP contribution in [-0.4, -0.2) is 21.0 Å². The van der Waals surface area contributed by atoms with Crippen molar-refractivity contribution in [3.8, 4) is 0 Å². The maximum Gasteiger partial charge on any atom is 0.274 e. The molecule has 1 fully saturated rings. The first kappa shape index (κ1) is 16.5. The maximum absolute atomic E-state index is 12.4. The Morgan fingerprint density at radius 3 is 2.71 bits per heavy atom. The third-order valence-electron chi connectivity index (χ3n) is 4.19. The lowest BCUT2D eigenvalue weighted by Gasteiger charge is -2.30. The van der Waals surface area contributed by atoms with Crippen LogP contribution in [0.1, 0.15) is 51.7 Å². The van der Waals surface area contributed by atoms with Gasteiger partial charge in [0.1, 0.15) is 5.76 Å². The van der Waals surface area contributed by atoms with Crippen molar-refractivity contribution < 1.29 is 12.8 Å². The molecule has 1 saturated carbocycles. The van der Waals surface area contributed by atoms with Gasteiger partial charge in [0.15, 0.2) is 0 Å². The van der Waals surface area contributed by atoms with E-state index in [0.29, 0.717) is 18.2 Å². The molecule has 2 atom stereocenters. The summed E-state index contributed by atoms with van der Waals surface area (Å²) in [4.78, 5) is 0. The number of furan rings is 1. The Kier molecular flexibility index (Phi) is 5.84. The van der Waals surface area contributed by atoms with Gasteiger partial charge in [0.2, 0.25) is 5.09 Å². The van der Waals surface area contributed by atoms with Crippen LogP contribution >= 0.6 is 0 Å². The number of hydrogen-bond donors (Lipinski definition) is 2. The summed E-state index contributed by atoms with van der Waals surface area (Å²) in [6.45, 7) is 5.49. The normalized spacial score (nSPS) is 23.3. The van der Waals surface area contributed by atoms with Crippen molar-refractivity contribution in [2.75, 3.05) is 6.54 Å². The monoisotopic (exact) mass is 314 g/mol. The van der Waals surface area contributed by atoms with E-state index in [1.807, 2.05) is 6.92 Å². The minimum absolute atomic E-state index is 0.0239. The van der Waals surface area contributed by atoms with Crippen LogP contribution < -0.4 is 10.0 Å². The Labute approximate surface area is 127 Å². The van der Waals surface area contributed by atoms with Gasteiger partial charge >= 0.3 is 0 Å². The quantitative estimate of drug-likeness (QED) is 0.811. The average molecular weight is 314 g/mol. The predicted molar refractivity (Wildman–Crippen MR) is 82.4 cm³/mol. The summed E-state index contributed by atoms with van der Waals surface area (Å²) in [5.74, 6) is 1.08. The summed E-state index contributed by atoms with van der Waals surface area (Å²) >= 11 is 0. The highest BCUT2D eigenvalue weighted by molar-refractivity contribution is 7.89. The summed E-state index contributed by atoms with van der Waals surface area (Å²) in [5, 5.41) is 3.14. The van der Waals surface area contributed by atoms with Crippen molar-refractivity contribution in [3.63, 3.8) is 0 Å². The minimum Gasteiger partial charge on any atom is -0.447 e. The van der Waals surface area contributed by atoms with Crippen molar-refractivity contribution in [2.24, 2.45) is 5.92 Å². The molecule has 0 aromatic carbocycles. The molecule has 1 heterocycles. The second-order valence-corrected chi connectivity index (χ2v) is 7.33. The molecule has 0 amide bonds. The number of nitrogens with one attached hydrogen (secondary N) is 2. The molecule has 120 valence electrons. The molecular formula is C15H26N2O3S. The van der Waals surface area contributed by atoms with Crippen LogP contribution in [0.15, 0.2) is 21.6 Å². The van der Waals surface area contributed by atoms with E-state index in [9.17, 15) is 8.42 Å². The van der Waals surface area contributed by atoms with Crippen LogP contribution in [0.25, 0.3) is 0 Å². The molecule has 0 aliphatic heterocycles. The third kappa shape index (κ3) is 4.31. The van der Waals surface area contributed by atoms with E-state index in [0.717, 1.165) is 32.2 Å². The van der Waals surface area contributed by atoms with Crippen molar-refractivity contribution in [2.45, 2.75) is 63.6 Å². The molecular weight excluding hydrogens is 288 g/mol. The first-order valence-corrected chi connectivity index (χ1v) is 9.37. The van der Waals surface area contributed by atoms with E-state index in [4.69, 9.17) is 4.42 Å². The Bertz CT molecular complexity index is 539. The van der Waals surface area contributed by atoms with E-state index in [2.05, 4.69) is 17.0 Å². The summed E-state index contributed by atoms with van der Waals surface area (Å²) in [7, 11) is -3.55. The van der Waals surface area contributed by atoms with E-state index in [1.54, 1.807) is 12.1 Å². The third-order valence-corrected chi connectivity index (χ3v) is 5.55. The summed E-state index contributed by atoms with van der Waals surface area (Å²) in [6.07, 6.45) is 5.32. The van der Waals surface area contributed by atoms with E-state index in [1.165, 1.54) is 6.42 Å². The fourth-order valence-electron chi connectivity index (χ4n) is 2.95. The van der Waals surface area contributed by atoms with Crippen LogP contribution in [0.5, 0.6) is 0 Å². The Morgan fingerprint density at radius 2 is 2.00 bits per heavy atom. The van der Waals surface area contributed by atoms with Gasteiger partial charge in [-0.3, -0.25) is 0 Å². The van der Waals surface area contributed by atoms with Gasteiger partial charge in [-0.1, -0.05) is 33.1 Å². The van der Waals surface area contributed by atoms with Gasteiger partial charge in [0.25, 0.3) is 10.0 Å². The molecule has 1 aromatic heterocycles. The standard InChI is InChI=1S/C15H26N2O3S/c1-3-12-7-5-6-8-14(12)17-21(18,19)15-10-9-13(20-15)11-16-4-2/h9-10,12,14,16-17H,3-8,11H2,1-2H3. The van der Waals surface area contributed by atoms with E-state index < -0.39 is 10.0 Å². The maximum atomic E-state index is 12.4. The first-order chi connectivity index (χ1) is 10.1. The molecule has 1 aliphatic rings. The van der Waals surface area contributed by atoms with Crippen molar-refractivity contribution in [1.82, 2.24) is 10.0 Å². The molecule has 0 spiro atoms. The van der Waals surface area contributed by atoms with Gasteiger partial charge in [-0.15, -0.1) is 0 Å². The van der Waals surface area contributed by atoms with Gasteiger partial charge in [-0.25, -0.2) is 13.1 Å². The highest BCUT2D eigenvalue weighted by atomic mass is 32.2. The van der Waals surface area contributed by atoms with Gasteiger partial charge in [0, 0.05) is 6.04 Å². The molecule has 21 heavy (non-hydrogen) atoms. The summed E-state index contributed by atoms with van der Waals surface area (Å²) in [6, 6.07) is 3.30. The van der Waals surface area contributed by atoms with Crippen LogP contribution in [0.4, 0.5) is 0 Å². The molecule has 0 bridgehead atoms. The molecule has 6 heteroatoms. The summed E-state index contributed by atoms with van der Waals surface area (Å²) < 4.78 is 33.1. The average Bonchev–Trinajstić information content (AvgIpc) is 2.95. The smallest absolute Gasteiger partial charge is 0.274 e. The first-order valence-electron chi connectivity index (χ1n) is 7.88. The zero-order valence-electron chi connectivity index (χ0n) is 12.9. The lowest BCUT2D eigenvalue weighted by Crippen LogP contribution is -2.41. The second kappa shape index (κ2) is 7.42. The van der Waals surface area contributed by atoms with Crippen molar-refractivity contribution in [1.29, 1.82) is 0 Å². The molecule has 5 nitrogen and oxygen atoms in total. The number of hydrogen-bond acceptors (Lipinski definition) is 4. The fraction of sp³-hybridized carbons (Fsp3) is 0.733. The zero-order chi connectivity index (χ0) is 15.3. The lowest BCUT2D eigenvalue weighted by atomic mass is 9.83. The van der Waals surface area contributed by atoms with E-state index in [-0.39, 0.29) is 11.1 Å². The molecule has 2 rings (SSSR count). The van der Waals surface area contributed by atoms with Crippen LogP contribution in [0, 0.1) is 5.92 Å². The number of sulfonamides is 1. The van der Waals surface area contributed by atoms with Gasteiger partial charge in [-0.2, -0.15) is 0 Å². The van der Waals surface area contributed by atoms with Crippen molar-refractivity contribution >= 4 is 10.0 Å².